The van der Waals surface area contributed by atoms with E-state index in [0.29, 0.717) is 11.9 Å². The number of likely N-dealkylation sites (tertiary alicyclic amines) is 1. The minimum Gasteiger partial charge on any atom is -0.342 e. The van der Waals surface area contributed by atoms with Gasteiger partial charge < -0.3 is 10.2 Å². The van der Waals surface area contributed by atoms with Crippen molar-refractivity contribution >= 4 is 17.2 Å². The fourth-order valence-electron chi connectivity index (χ4n) is 2.78. The van der Waals surface area contributed by atoms with Gasteiger partial charge in [0.25, 0.3) is 0 Å². The molecule has 0 aromatic carbocycles. The summed E-state index contributed by atoms with van der Waals surface area (Å²) in [6.07, 6.45) is 2.14. The van der Waals surface area contributed by atoms with Crippen LogP contribution in [-0.4, -0.2) is 29.9 Å². The van der Waals surface area contributed by atoms with E-state index in [1.807, 2.05) is 30.1 Å². The van der Waals surface area contributed by atoms with Crippen molar-refractivity contribution in [2.24, 2.45) is 5.92 Å². The first-order valence-corrected chi connectivity index (χ1v) is 8.37. The number of hydrogen-bond donors (Lipinski definition) is 1. The van der Waals surface area contributed by atoms with Gasteiger partial charge in [-0.05, 0) is 38.3 Å². The lowest BCUT2D eigenvalue weighted by Crippen LogP contribution is -2.45. The highest BCUT2D eigenvalue weighted by Crippen LogP contribution is 2.21. The van der Waals surface area contributed by atoms with E-state index in [0.717, 1.165) is 32.5 Å². The van der Waals surface area contributed by atoms with E-state index in [1.165, 1.54) is 15.3 Å². The molecule has 3 nitrogen and oxygen atoms in total. The second-order valence-corrected chi connectivity index (χ2v) is 7.53. The predicted octanol–water partition coefficient (Wildman–Crippen LogP) is 3.10. The summed E-state index contributed by atoms with van der Waals surface area (Å²) in [7, 11) is 0. The van der Waals surface area contributed by atoms with Crippen LogP contribution in [0, 0.1) is 19.8 Å². The van der Waals surface area contributed by atoms with E-state index in [4.69, 9.17) is 0 Å². The molecule has 0 spiro atoms. The number of hydrogen-bond acceptors (Lipinski definition) is 3. The summed E-state index contributed by atoms with van der Waals surface area (Å²) in [4.78, 5) is 16.8. The van der Waals surface area contributed by atoms with E-state index in [1.54, 1.807) is 0 Å². The monoisotopic (exact) mass is 294 g/mol. The standard InChI is InChI=1S/C16H26N2OS/c1-11(2)16(19)18-7-5-15(6-8-18)17-10-14-9-12(3)20-13(14)4/h9,11,15,17H,5-8,10H2,1-4H3. The van der Waals surface area contributed by atoms with Crippen molar-refractivity contribution in [2.75, 3.05) is 13.1 Å². The number of aryl methyl sites for hydroxylation is 2. The third-order valence-electron chi connectivity index (χ3n) is 4.03. The summed E-state index contributed by atoms with van der Waals surface area (Å²) in [5.41, 5.74) is 1.42. The van der Waals surface area contributed by atoms with Crippen LogP contribution in [0.4, 0.5) is 0 Å². The Balaban J connectivity index is 1.77. The first-order chi connectivity index (χ1) is 9.47. The molecule has 0 unspecified atom stereocenters. The minimum atomic E-state index is 0.121. The van der Waals surface area contributed by atoms with Crippen LogP contribution >= 0.6 is 11.3 Å². The van der Waals surface area contributed by atoms with Crippen molar-refractivity contribution < 1.29 is 4.79 Å². The zero-order valence-corrected chi connectivity index (χ0v) is 13.8. The Morgan fingerprint density at radius 1 is 1.40 bits per heavy atom. The molecule has 2 rings (SSSR count). The second kappa shape index (κ2) is 6.72. The number of nitrogens with zero attached hydrogens (tertiary/aromatic N) is 1. The summed E-state index contributed by atoms with van der Waals surface area (Å²) in [5.74, 6) is 0.420. The highest BCUT2D eigenvalue weighted by atomic mass is 32.1. The highest BCUT2D eigenvalue weighted by molar-refractivity contribution is 7.12. The van der Waals surface area contributed by atoms with Crippen LogP contribution in [0.1, 0.15) is 42.0 Å². The van der Waals surface area contributed by atoms with Gasteiger partial charge in [0.05, 0.1) is 0 Å². The molecular formula is C16H26N2OS. The summed E-state index contributed by atoms with van der Waals surface area (Å²) in [5, 5.41) is 3.65. The van der Waals surface area contributed by atoms with Crippen LogP contribution < -0.4 is 5.32 Å². The van der Waals surface area contributed by atoms with Gasteiger partial charge in [-0.3, -0.25) is 4.79 Å². The molecule has 1 aromatic rings. The fraction of sp³-hybridized carbons (Fsp3) is 0.688. The molecular weight excluding hydrogens is 268 g/mol. The molecule has 1 amide bonds. The molecule has 1 aliphatic heterocycles. The molecule has 1 fully saturated rings. The molecule has 1 saturated heterocycles. The first-order valence-electron chi connectivity index (χ1n) is 7.55. The van der Waals surface area contributed by atoms with E-state index < -0.39 is 0 Å². The normalized spacial score (nSPS) is 16.9. The van der Waals surface area contributed by atoms with Crippen molar-refractivity contribution in [3.05, 3.63) is 21.4 Å². The van der Waals surface area contributed by atoms with Gasteiger partial charge in [0.2, 0.25) is 5.91 Å². The molecule has 0 saturated carbocycles. The second-order valence-electron chi connectivity index (χ2n) is 6.07. The number of carbonyl (C=O) groups is 1. The number of amides is 1. The smallest absolute Gasteiger partial charge is 0.225 e. The maximum absolute atomic E-state index is 11.9. The number of thiophene rings is 1. The number of rotatable bonds is 4. The van der Waals surface area contributed by atoms with Crippen molar-refractivity contribution in [2.45, 2.75) is 53.1 Å². The van der Waals surface area contributed by atoms with Crippen molar-refractivity contribution in [1.29, 1.82) is 0 Å². The Morgan fingerprint density at radius 2 is 2.05 bits per heavy atom. The quantitative estimate of drug-likeness (QED) is 0.925. The van der Waals surface area contributed by atoms with Gasteiger partial charge in [-0.1, -0.05) is 13.8 Å². The Morgan fingerprint density at radius 3 is 2.55 bits per heavy atom. The topological polar surface area (TPSA) is 32.3 Å². The largest absolute Gasteiger partial charge is 0.342 e. The average molecular weight is 294 g/mol. The summed E-state index contributed by atoms with van der Waals surface area (Å²) < 4.78 is 0. The van der Waals surface area contributed by atoms with Crippen LogP contribution in [0.2, 0.25) is 0 Å². The maximum Gasteiger partial charge on any atom is 0.225 e. The molecule has 0 radical (unpaired) electrons. The van der Waals surface area contributed by atoms with E-state index in [-0.39, 0.29) is 5.92 Å². The van der Waals surface area contributed by atoms with E-state index in [9.17, 15) is 4.79 Å². The number of piperidine rings is 1. The Kier molecular flexibility index (Phi) is 5.22. The van der Waals surface area contributed by atoms with Crippen molar-refractivity contribution in [1.82, 2.24) is 10.2 Å². The van der Waals surface area contributed by atoms with Gasteiger partial charge in [-0.15, -0.1) is 11.3 Å². The molecule has 1 aromatic heterocycles. The molecule has 0 atom stereocenters. The first kappa shape index (κ1) is 15.5. The molecule has 1 N–H and O–H groups in total. The Labute approximate surface area is 126 Å². The van der Waals surface area contributed by atoms with Gasteiger partial charge >= 0.3 is 0 Å². The van der Waals surface area contributed by atoms with E-state index in [2.05, 4.69) is 25.2 Å². The molecule has 112 valence electrons. The SMILES string of the molecule is Cc1cc(CNC2CCN(C(=O)C(C)C)CC2)c(C)s1. The van der Waals surface area contributed by atoms with Crippen LogP contribution in [0.15, 0.2) is 6.07 Å². The molecule has 4 heteroatoms. The number of nitrogens with one attached hydrogen (secondary N) is 1. The van der Waals surface area contributed by atoms with Crippen molar-refractivity contribution in [3.8, 4) is 0 Å². The van der Waals surface area contributed by atoms with Gasteiger partial charge in [-0.2, -0.15) is 0 Å². The molecule has 1 aliphatic rings. The molecule has 0 aliphatic carbocycles. The lowest BCUT2D eigenvalue weighted by Gasteiger charge is -2.33. The minimum absolute atomic E-state index is 0.121. The van der Waals surface area contributed by atoms with Crippen LogP contribution in [0.3, 0.4) is 0 Å². The molecule has 2 heterocycles. The summed E-state index contributed by atoms with van der Waals surface area (Å²) >= 11 is 1.87. The van der Waals surface area contributed by atoms with Gasteiger partial charge in [0, 0.05) is 41.3 Å². The molecule has 0 bridgehead atoms. The Bertz CT molecular complexity index is 459. The highest BCUT2D eigenvalue weighted by Gasteiger charge is 2.23. The third kappa shape index (κ3) is 3.83. The summed E-state index contributed by atoms with van der Waals surface area (Å²) in [6.45, 7) is 11.1. The van der Waals surface area contributed by atoms with Gasteiger partial charge in [0.1, 0.15) is 0 Å². The Hall–Kier alpha value is -0.870. The van der Waals surface area contributed by atoms with Crippen molar-refractivity contribution in [3.63, 3.8) is 0 Å². The zero-order chi connectivity index (χ0) is 14.7. The maximum atomic E-state index is 11.9. The third-order valence-corrected chi connectivity index (χ3v) is 5.03. The van der Waals surface area contributed by atoms with E-state index >= 15 is 0 Å². The molecule has 20 heavy (non-hydrogen) atoms. The zero-order valence-electron chi connectivity index (χ0n) is 13.0. The lowest BCUT2D eigenvalue weighted by molar-refractivity contribution is -0.135. The fourth-order valence-corrected chi connectivity index (χ4v) is 3.73. The lowest BCUT2D eigenvalue weighted by atomic mass is 10.0. The van der Waals surface area contributed by atoms with Crippen LogP contribution in [0.25, 0.3) is 0 Å². The van der Waals surface area contributed by atoms with Crippen LogP contribution in [0.5, 0.6) is 0 Å². The average Bonchev–Trinajstić information content (AvgIpc) is 2.74. The number of carbonyl (C=O) groups excluding carboxylic acids is 1. The van der Waals surface area contributed by atoms with Crippen LogP contribution in [-0.2, 0) is 11.3 Å². The van der Waals surface area contributed by atoms with Gasteiger partial charge in [-0.25, -0.2) is 0 Å². The summed E-state index contributed by atoms with van der Waals surface area (Å²) in [6, 6.07) is 2.83. The van der Waals surface area contributed by atoms with Gasteiger partial charge in [0.15, 0.2) is 0 Å². The predicted molar refractivity (Wildman–Crippen MR) is 85.1 cm³/mol.